The van der Waals surface area contributed by atoms with Gasteiger partial charge in [0, 0.05) is 17.6 Å². The highest BCUT2D eigenvalue weighted by atomic mass is 16.5. The van der Waals surface area contributed by atoms with Gasteiger partial charge >= 0.3 is 5.97 Å². The van der Waals surface area contributed by atoms with E-state index in [0.29, 0.717) is 6.42 Å². The molecule has 1 N–H and O–H groups in total. The van der Waals surface area contributed by atoms with Crippen molar-refractivity contribution in [1.29, 1.82) is 0 Å². The van der Waals surface area contributed by atoms with Gasteiger partial charge in [0.25, 0.3) is 0 Å². The Kier molecular flexibility index (Phi) is 3.55. The molecular formula is C14H17NO3. The monoisotopic (exact) mass is 247 g/mol. The van der Waals surface area contributed by atoms with Crippen molar-refractivity contribution in [3.8, 4) is 5.75 Å². The smallest absolute Gasteiger partial charge is 0.303 e. The van der Waals surface area contributed by atoms with E-state index < -0.39 is 5.97 Å². The van der Waals surface area contributed by atoms with Crippen molar-refractivity contribution in [2.75, 3.05) is 7.11 Å². The molecule has 4 nitrogen and oxygen atoms in total. The van der Waals surface area contributed by atoms with E-state index in [0.717, 1.165) is 28.9 Å². The molecule has 1 aromatic carbocycles. The van der Waals surface area contributed by atoms with E-state index in [-0.39, 0.29) is 6.42 Å². The number of methoxy groups -OCH3 is 1. The fourth-order valence-corrected chi connectivity index (χ4v) is 2.31. The Bertz CT molecular complexity index is 572. The topological polar surface area (TPSA) is 51.5 Å². The third kappa shape index (κ3) is 2.18. The van der Waals surface area contributed by atoms with E-state index in [4.69, 9.17) is 9.84 Å². The average Bonchev–Trinajstić information content (AvgIpc) is 2.73. The van der Waals surface area contributed by atoms with Crippen LogP contribution in [0.1, 0.15) is 19.0 Å². The van der Waals surface area contributed by atoms with E-state index in [1.165, 1.54) is 0 Å². The Morgan fingerprint density at radius 1 is 1.44 bits per heavy atom. The highest BCUT2D eigenvalue weighted by molar-refractivity contribution is 5.87. The number of hydrogen-bond donors (Lipinski definition) is 1. The molecule has 0 amide bonds. The summed E-state index contributed by atoms with van der Waals surface area (Å²) in [6.07, 6.45) is 0.694. The molecule has 96 valence electrons. The molecule has 0 aliphatic rings. The number of nitrogens with zero attached hydrogens (tertiary/aromatic N) is 1. The summed E-state index contributed by atoms with van der Waals surface area (Å²) in [7, 11) is 1.65. The zero-order valence-corrected chi connectivity index (χ0v) is 10.6. The molecule has 0 saturated heterocycles. The maximum atomic E-state index is 10.7. The number of ether oxygens (including phenoxy) is 1. The number of rotatable bonds is 5. The van der Waals surface area contributed by atoms with Crippen LogP contribution in [0.4, 0.5) is 0 Å². The molecule has 4 heteroatoms. The molecule has 1 heterocycles. The quantitative estimate of drug-likeness (QED) is 0.883. The maximum Gasteiger partial charge on any atom is 0.303 e. The summed E-state index contributed by atoms with van der Waals surface area (Å²) in [6.45, 7) is 2.88. The molecule has 18 heavy (non-hydrogen) atoms. The number of carboxylic acids is 1. The minimum atomic E-state index is -0.769. The molecule has 1 aromatic heterocycles. The summed E-state index contributed by atoms with van der Waals surface area (Å²) < 4.78 is 7.48. The predicted molar refractivity (Wildman–Crippen MR) is 70.1 cm³/mol. The molecule has 0 saturated carbocycles. The van der Waals surface area contributed by atoms with Gasteiger partial charge in [0.1, 0.15) is 5.75 Å². The van der Waals surface area contributed by atoms with Gasteiger partial charge in [0.2, 0.25) is 0 Å². The molecule has 0 aliphatic heterocycles. The van der Waals surface area contributed by atoms with E-state index in [1.54, 1.807) is 7.11 Å². The Balaban J connectivity index is 2.49. The number of carboxylic acid groups (broad SMARTS) is 1. The van der Waals surface area contributed by atoms with Crippen molar-refractivity contribution >= 4 is 16.9 Å². The number of fused-ring (bicyclic) bond motifs is 1. The van der Waals surface area contributed by atoms with E-state index >= 15 is 0 Å². The summed E-state index contributed by atoms with van der Waals surface area (Å²) in [6, 6.07) is 7.93. The van der Waals surface area contributed by atoms with Crippen LogP contribution in [0.3, 0.4) is 0 Å². The molecule has 0 atom stereocenters. The van der Waals surface area contributed by atoms with Crippen molar-refractivity contribution in [1.82, 2.24) is 4.57 Å². The minimum absolute atomic E-state index is 0.151. The number of carbonyl (C=O) groups is 1. The molecule has 0 bridgehead atoms. The second kappa shape index (κ2) is 5.12. The first-order valence-corrected chi connectivity index (χ1v) is 6.04. The van der Waals surface area contributed by atoms with Gasteiger partial charge in [-0.3, -0.25) is 4.79 Å². The lowest BCUT2D eigenvalue weighted by molar-refractivity contribution is -0.136. The Hall–Kier alpha value is -1.97. The minimum Gasteiger partial charge on any atom is -0.496 e. The molecule has 2 aromatic rings. The van der Waals surface area contributed by atoms with Crippen molar-refractivity contribution in [3.63, 3.8) is 0 Å². The van der Waals surface area contributed by atoms with Gasteiger partial charge in [-0.05, 0) is 31.5 Å². The first-order valence-electron chi connectivity index (χ1n) is 6.04. The lowest BCUT2D eigenvalue weighted by Gasteiger charge is -2.07. The first-order chi connectivity index (χ1) is 8.67. The van der Waals surface area contributed by atoms with E-state index in [2.05, 4.69) is 11.5 Å². The number of benzene rings is 1. The number of hydrogen-bond acceptors (Lipinski definition) is 2. The van der Waals surface area contributed by atoms with Gasteiger partial charge in [0.05, 0.1) is 19.0 Å². The molecule has 0 unspecified atom stereocenters. The van der Waals surface area contributed by atoms with Gasteiger partial charge in [-0.15, -0.1) is 0 Å². The fraction of sp³-hybridized carbons (Fsp3) is 0.357. The normalized spacial score (nSPS) is 10.8. The number of aryl methyl sites for hydroxylation is 2. The predicted octanol–water partition coefficient (Wildman–Crippen LogP) is 2.69. The third-order valence-electron chi connectivity index (χ3n) is 3.12. The van der Waals surface area contributed by atoms with Gasteiger partial charge < -0.3 is 14.4 Å². The van der Waals surface area contributed by atoms with E-state index in [9.17, 15) is 4.79 Å². The average molecular weight is 247 g/mol. The lowest BCUT2D eigenvalue weighted by atomic mass is 10.2. The van der Waals surface area contributed by atoms with Crippen molar-refractivity contribution in [2.24, 2.45) is 0 Å². The molecule has 0 spiro atoms. The van der Waals surface area contributed by atoms with E-state index in [1.807, 2.05) is 24.3 Å². The van der Waals surface area contributed by atoms with Crippen LogP contribution in [0.15, 0.2) is 24.3 Å². The van der Waals surface area contributed by atoms with Crippen LogP contribution in [0.2, 0.25) is 0 Å². The molecule has 0 radical (unpaired) electrons. The maximum absolute atomic E-state index is 10.7. The fourth-order valence-electron chi connectivity index (χ4n) is 2.31. The number of aliphatic carboxylic acids is 1. The van der Waals surface area contributed by atoms with Crippen LogP contribution in [0, 0.1) is 0 Å². The molecule has 0 aliphatic carbocycles. The Morgan fingerprint density at radius 3 is 2.83 bits per heavy atom. The zero-order chi connectivity index (χ0) is 13.1. The molecular weight excluding hydrogens is 230 g/mol. The molecule has 0 fully saturated rings. The van der Waals surface area contributed by atoms with Gasteiger partial charge in [-0.25, -0.2) is 0 Å². The summed E-state index contributed by atoms with van der Waals surface area (Å²) in [5.74, 6) is 0.0612. The zero-order valence-electron chi connectivity index (χ0n) is 10.6. The number of aromatic nitrogens is 1. The van der Waals surface area contributed by atoms with Gasteiger partial charge in [0.15, 0.2) is 0 Å². The summed E-state index contributed by atoms with van der Waals surface area (Å²) in [5, 5.41) is 9.82. The Morgan fingerprint density at radius 2 is 2.22 bits per heavy atom. The third-order valence-corrected chi connectivity index (χ3v) is 3.12. The standard InChI is InChI=1S/C14H17NO3/c1-3-15-10(7-8-14(16)17)9-11-12(15)5-4-6-13(11)18-2/h4-6,9H,3,7-8H2,1-2H3,(H,16,17). The van der Waals surface area contributed by atoms with Crippen LogP contribution < -0.4 is 4.74 Å². The summed E-state index contributed by atoms with van der Waals surface area (Å²) in [4.78, 5) is 10.7. The Labute approximate surface area is 106 Å². The van der Waals surface area contributed by atoms with Crippen LogP contribution >= 0.6 is 0 Å². The van der Waals surface area contributed by atoms with Gasteiger partial charge in [-0.2, -0.15) is 0 Å². The summed E-state index contributed by atoms with van der Waals surface area (Å²) in [5.41, 5.74) is 2.14. The SMILES string of the molecule is CCn1c(CCC(=O)O)cc2c(OC)cccc21. The van der Waals surface area contributed by atoms with Crippen LogP contribution in [-0.2, 0) is 17.8 Å². The first kappa shape index (κ1) is 12.5. The largest absolute Gasteiger partial charge is 0.496 e. The van der Waals surface area contributed by atoms with Crippen LogP contribution in [0.5, 0.6) is 5.75 Å². The second-order valence-corrected chi connectivity index (χ2v) is 4.17. The second-order valence-electron chi connectivity index (χ2n) is 4.17. The molecule has 2 rings (SSSR count). The van der Waals surface area contributed by atoms with Gasteiger partial charge in [-0.1, -0.05) is 6.07 Å². The highest BCUT2D eigenvalue weighted by Gasteiger charge is 2.11. The van der Waals surface area contributed by atoms with Crippen LogP contribution in [0.25, 0.3) is 10.9 Å². The van der Waals surface area contributed by atoms with Crippen molar-refractivity contribution in [3.05, 3.63) is 30.0 Å². The van der Waals surface area contributed by atoms with Crippen molar-refractivity contribution < 1.29 is 14.6 Å². The van der Waals surface area contributed by atoms with Crippen molar-refractivity contribution in [2.45, 2.75) is 26.3 Å². The van der Waals surface area contributed by atoms with Crippen LogP contribution in [-0.4, -0.2) is 22.8 Å². The summed E-state index contributed by atoms with van der Waals surface area (Å²) >= 11 is 0. The highest BCUT2D eigenvalue weighted by Crippen LogP contribution is 2.29. The lowest BCUT2D eigenvalue weighted by Crippen LogP contribution is -2.04.